The molecule has 7 nitrogen and oxygen atoms in total. The van der Waals surface area contributed by atoms with E-state index in [-0.39, 0.29) is 5.56 Å². The number of rotatable bonds is 8. The number of aromatic nitrogens is 1. The molecule has 0 radical (unpaired) electrons. The van der Waals surface area contributed by atoms with Crippen LogP contribution in [0.25, 0.3) is 10.9 Å². The molecule has 2 N–H and O–H groups in total. The molecule has 1 aliphatic rings. The third kappa shape index (κ3) is 6.60. The number of morpholine rings is 1. The third-order valence-corrected chi connectivity index (χ3v) is 6.63. The van der Waals surface area contributed by atoms with Gasteiger partial charge in [0.25, 0.3) is 5.56 Å². The molecule has 2 heterocycles. The quantitative estimate of drug-likeness (QED) is 0.458. The van der Waals surface area contributed by atoms with Crippen LogP contribution in [0.15, 0.2) is 47.3 Å². The molecule has 0 saturated carbocycles. The van der Waals surface area contributed by atoms with Gasteiger partial charge in [-0.1, -0.05) is 17.7 Å². The van der Waals surface area contributed by atoms with E-state index in [0.29, 0.717) is 30.4 Å². The number of benzene rings is 2. The Hall–Kier alpha value is -2.94. The van der Waals surface area contributed by atoms with Gasteiger partial charge in [0.2, 0.25) is 0 Å². The highest BCUT2D eigenvalue weighted by Crippen LogP contribution is 2.21. The minimum absolute atomic E-state index is 0.104. The highest BCUT2D eigenvalue weighted by molar-refractivity contribution is 7.80. The SMILES string of the molecule is CCOc1ccc2[nH]c(=O)c(CN(CCN3CCOCC3)C(=S)Nc3ccc(C)cc3C)cc2c1. The van der Waals surface area contributed by atoms with Crippen LogP contribution in [0.1, 0.15) is 23.6 Å². The average Bonchev–Trinajstić information content (AvgIpc) is 2.84. The molecule has 4 rings (SSSR count). The smallest absolute Gasteiger partial charge is 0.253 e. The van der Waals surface area contributed by atoms with Crippen LogP contribution in [0.4, 0.5) is 5.69 Å². The van der Waals surface area contributed by atoms with Gasteiger partial charge in [0.15, 0.2) is 5.11 Å². The minimum atomic E-state index is -0.104. The number of hydrogen-bond donors (Lipinski definition) is 2. The summed E-state index contributed by atoms with van der Waals surface area (Å²) in [4.78, 5) is 20.4. The summed E-state index contributed by atoms with van der Waals surface area (Å²) in [5.74, 6) is 0.786. The molecule has 0 spiro atoms. The Labute approximate surface area is 212 Å². The second kappa shape index (κ2) is 11.7. The molecular weight excluding hydrogens is 460 g/mol. The van der Waals surface area contributed by atoms with Crippen LogP contribution >= 0.6 is 12.2 Å². The van der Waals surface area contributed by atoms with Crippen LogP contribution in [0.5, 0.6) is 5.75 Å². The number of ether oxygens (including phenoxy) is 2. The Kier molecular flexibility index (Phi) is 8.38. The summed E-state index contributed by atoms with van der Waals surface area (Å²) in [6.07, 6.45) is 0. The van der Waals surface area contributed by atoms with Crippen LogP contribution < -0.4 is 15.6 Å². The summed E-state index contributed by atoms with van der Waals surface area (Å²) in [5, 5.41) is 4.95. The van der Waals surface area contributed by atoms with Crippen molar-refractivity contribution in [2.45, 2.75) is 27.3 Å². The van der Waals surface area contributed by atoms with Gasteiger partial charge in [-0.15, -0.1) is 0 Å². The predicted octanol–water partition coefficient (Wildman–Crippen LogP) is 4.07. The van der Waals surface area contributed by atoms with Crippen LogP contribution in [-0.4, -0.2) is 65.9 Å². The van der Waals surface area contributed by atoms with Crippen molar-refractivity contribution in [3.63, 3.8) is 0 Å². The van der Waals surface area contributed by atoms with Crippen molar-refractivity contribution < 1.29 is 9.47 Å². The monoisotopic (exact) mass is 494 g/mol. The molecule has 186 valence electrons. The Bertz CT molecular complexity index is 1240. The Balaban J connectivity index is 1.58. The summed E-state index contributed by atoms with van der Waals surface area (Å²) in [6, 6.07) is 13.9. The van der Waals surface area contributed by atoms with E-state index in [4.69, 9.17) is 21.7 Å². The van der Waals surface area contributed by atoms with E-state index < -0.39 is 0 Å². The zero-order valence-electron chi connectivity index (χ0n) is 20.7. The lowest BCUT2D eigenvalue weighted by Crippen LogP contribution is -2.44. The number of aromatic amines is 1. The first kappa shape index (κ1) is 25.2. The van der Waals surface area contributed by atoms with E-state index in [9.17, 15) is 4.79 Å². The van der Waals surface area contributed by atoms with Gasteiger partial charge in [-0.05, 0) is 68.9 Å². The van der Waals surface area contributed by atoms with Crippen molar-refractivity contribution in [1.82, 2.24) is 14.8 Å². The van der Waals surface area contributed by atoms with Crippen molar-refractivity contribution in [1.29, 1.82) is 0 Å². The maximum atomic E-state index is 13.0. The summed E-state index contributed by atoms with van der Waals surface area (Å²) in [5.41, 5.74) is 4.67. The molecule has 1 fully saturated rings. The normalized spacial score (nSPS) is 14.1. The van der Waals surface area contributed by atoms with Gasteiger partial charge in [-0.2, -0.15) is 0 Å². The highest BCUT2D eigenvalue weighted by atomic mass is 32.1. The molecule has 1 saturated heterocycles. The maximum Gasteiger partial charge on any atom is 0.253 e. The van der Waals surface area contributed by atoms with E-state index in [1.807, 2.05) is 31.2 Å². The zero-order chi connectivity index (χ0) is 24.8. The first-order chi connectivity index (χ1) is 16.9. The fourth-order valence-electron chi connectivity index (χ4n) is 4.30. The van der Waals surface area contributed by atoms with Crippen molar-refractivity contribution >= 4 is 33.9 Å². The first-order valence-electron chi connectivity index (χ1n) is 12.1. The topological polar surface area (TPSA) is 69.8 Å². The standard InChI is InChI=1S/C27H34N4O3S/c1-4-34-23-6-8-25-21(17-23)16-22(26(32)28-25)18-31(10-9-30-11-13-33-14-12-30)27(35)29-24-7-5-19(2)15-20(24)3/h5-8,15-17H,4,9-14,18H2,1-3H3,(H,28,32)(H,29,35). The molecule has 0 atom stereocenters. The fraction of sp³-hybridized carbons (Fsp3) is 0.407. The molecule has 0 unspecified atom stereocenters. The molecule has 1 aliphatic heterocycles. The van der Waals surface area contributed by atoms with Gasteiger partial charge in [0.05, 0.1) is 26.4 Å². The lowest BCUT2D eigenvalue weighted by molar-refractivity contribution is 0.0358. The summed E-state index contributed by atoms with van der Waals surface area (Å²) < 4.78 is 11.1. The van der Waals surface area contributed by atoms with Crippen molar-refractivity contribution in [3.8, 4) is 5.75 Å². The predicted molar refractivity (Wildman–Crippen MR) is 146 cm³/mol. The molecule has 8 heteroatoms. The Morgan fingerprint density at radius 3 is 2.71 bits per heavy atom. The number of aryl methyl sites for hydroxylation is 2. The Morgan fingerprint density at radius 2 is 1.97 bits per heavy atom. The second-order valence-corrected chi connectivity index (χ2v) is 9.32. The van der Waals surface area contributed by atoms with Gasteiger partial charge < -0.3 is 24.7 Å². The number of pyridine rings is 1. The van der Waals surface area contributed by atoms with E-state index >= 15 is 0 Å². The van der Waals surface area contributed by atoms with Crippen LogP contribution in [0, 0.1) is 13.8 Å². The zero-order valence-corrected chi connectivity index (χ0v) is 21.5. The molecule has 1 aromatic heterocycles. The van der Waals surface area contributed by atoms with Crippen molar-refractivity contribution in [2.24, 2.45) is 0 Å². The fourth-order valence-corrected chi connectivity index (χ4v) is 4.56. The second-order valence-electron chi connectivity index (χ2n) is 8.93. The number of H-pyrrole nitrogens is 1. The molecule has 0 bridgehead atoms. The van der Waals surface area contributed by atoms with Crippen molar-refractivity contribution in [3.05, 3.63) is 69.5 Å². The van der Waals surface area contributed by atoms with Gasteiger partial charge in [0, 0.05) is 48.3 Å². The van der Waals surface area contributed by atoms with E-state index in [0.717, 1.165) is 60.8 Å². The summed E-state index contributed by atoms with van der Waals surface area (Å²) in [7, 11) is 0. The largest absolute Gasteiger partial charge is 0.494 e. The van der Waals surface area contributed by atoms with Gasteiger partial charge in [0.1, 0.15) is 5.75 Å². The number of anilines is 1. The van der Waals surface area contributed by atoms with Crippen molar-refractivity contribution in [2.75, 3.05) is 51.3 Å². The average molecular weight is 495 g/mol. The van der Waals surface area contributed by atoms with Crippen LogP contribution in [0.3, 0.4) is 0 Å². The number of hydrogen-bond acceptors (Lipinski definition) is 5. The summed E-state index contributed by atoms with van der Waals surface area (Å²) >= 11 is 5.85. The molecule has 0 aliphatic carbocycles. The number of nitrogens with zero attached hydrogens (tertiary/aromatic N) is 2. The molecule has 0 amide bonds. The highest BCUT2D eigenvalue weighted by Gasteiger charge is 2.17. The first-order valence-corrected chi connectivity index (χ1v) is 12.6. The van der Waals surface area contributed by atoms with Crippen LogP contribution in [0.2, 0.25) is 0 Å². The number of nitrogens with one attached hydrogen (secondary N) is 2. The number of thiocarbonyl (C=S) groups is 1. The van der Waals surface area contributed by atoms with Gasteiger partial charge in [-0.3, -0.25) is 9.69 Å². The molecule has 2 aromatic carbocycles. The lowest BCUT2D eigenvalue weighted by Gasteiger charge is -2.31. The van der Waals surface area contributed by atoms with E-state index in [1.54, 1.807) is 0 Å². The molecule has 35 heavy (non-hydrogen) atoms. The molecule has 3 aromatic rings. The van der Waals surface area contributed by atoms with E-state index in [1.165, 1.54) is 5.56 Å². The Morgan fingerprint density at radius 1 is 1.17 bits per heavy atom. The molecular formula is C27H34N4O3S. The maximum absolute atomic E-state index is 13.0. The lowest BCUT2D eigenvalue weighted by atomic mass is 10.1. The minimum Gasteiger partial charge on any atom is -0.494 e. The van der Waals surface area contributed by atoms with E-state index in [2.05, 4.69) is 52.1 Å². The van der Waals surface area contributed by atoms with Gasteiger partial charge in [-0.25, -0.2) is 0 Å². The van der Waals surface area contributed by atoms with Gasteiger partial charge >= 0.3 is 0 Å². The third-order valence-electron chi connectivity index (χ3n) is 6.27. The summed E-state index contributed by atoms with van der Waals surface area (Å²) in [6.45, 7) is 12.0. The van der Waals surface area contributed by atoms with Crippen LogP contribution in [-0.2, 0) is 11.3 Å². The number of fused-ring (bicyclic) bond motifs is 1.